The molecule has 0 saturated carbocycles. The van der Waals surface area contributed by atoms with Crippen LogP contribution in [0.25, 0.3) is 0 Å². The summed E-state index contributed by atoms with van der Waals surface area (Å²) >= 11 is 0. The average Bonchev–Trinajstić information content (AvgIpc) is 2.65. The number of esters is 1. The fourth-order valence-electron chi connectivity index (χ4n) is 2.32. The first-order valence-corrected chi connectivity index (χ1v) is 9.93. The predicted octanol–water partition coefficient (Wildman–Crippen LogP) is 2.18. The molecule has 9 heteroatoms. The molecule has 150 valence electrons. The number of nitrogens with one attached hydrogen (secondary N) is 2. The predicted molar refractivity (Wildman–Crippen MR) is 104 cm³/mol. The molecule has 2 aromatic carbocycles. The van der Waals surface area contributed by atoms with Crippen molar-refractivity contribution in [3.05, 3.63) is 54.1 Å². The lowest BCUT2D eigenvalue weighted by molar-refractivity contribution is -0.119. The van der Waals surface area contributed by atoms with Crippen LogP contribution < -0.4 is 14.8 Å². The highest BCUT2D eigenvalue weighted by Crippen LogP contribution is 2.25. The Bertz CT molecular complexity index is 942. The summed E-state index contributed by atoms with van der Waals surface area (Å²) < 4.78 is 37.4. The molecule has 0 saturated heterocycles. The third-order valence-electron chi connectivity index (χ3n) is 3.47. The van der Waals surface area contributed by atoms with Gasteiger partial charge in [-0.1, -0.05) is 18.2 Å². The van der Waals surface area contributed by atoms with E-state index >= 15 is 0 Å². The Morgan fingerprint density at radius 1 is 1.07 bits per heavy atom. The summed E-state index contributed by atoms with van der Waals surface area (Å²) in [6.07, 6.45) is 0. The number of anilines is 1. The van der Waals surface area contributed by atoms with Gasteiger partial charge in [0.1, 0.15) is 10.6 Å². The summed E-state index contributed by atoms with van der Waals surface area (Å²) in [6.45, 7) is 2.84. The van der Waals surface area contributed by atoms with Crippen molar-refractivity contribution in [2.75, 3.05) is 19.0 Å². The summed E-state index contributed by atoms with van der Waals surface area (Å²) in [6, 6.07) is 12.2. The van der Waals surface area contributed by atoms with Crippen molar-refractivity contribution in [3.63, 3.8) is 0 Å². The van der Waals surface area contributed by atoms with Gasteiger partial charge in [-0.3, -0.25) is 4.79 Å². The molecule has 0 aliphatic rings. The molecule has 0 bridgehead atoms. The van der Waals surface area contributed by atoms with Crippen LogP contribution in [0, 0.1) is 0 Å². The van der Waals surface area contributed by atoms with Crippen LogP contribution in [0.4, 0.5) is 5.69 Å². The van der Waals surface area contributed by atoms with Crippen molar-refractivity contribution in [3.8, 4) is 5.75 Å². The van der Waals surface area contributed by atoms with Gasteiger partial charge in [-0.05, 0) is 44.2 Å². The number of hydrogen-bond donors (Lipinski definition) is 2. The zero-order valence-corrected chi connectivity index (χ0v) is 16.6. The fraction of sp³-hybridized carbons (Fsp3) is 0.263. The molecule has 2 rings (SSSR count). The van der Waals surface area contributed by atoms with Crippen LogP contribution in [-0.4, -0.2) is 40.1 Å². The quantitative estimate of drug-likeness (QED) is 0.650. The van der Waals surface area contributed by atoms with Crippen molar-refractivity contribution >= 4 is 27.6 Å². The maximum absolute atomic E-state index is 12.5. The van der Waals surface area contributed by atoms with E-state index in [4.69, 9.17) is 9.47 Å². The van der Waals surface area contributed by atoms with Crippen molar-refractivity contribution in [1.82, 2.24) is 4.72 Å². The molecule has 8 nitrogen and oxygen atoms in total. The minimum atomic E-state index is -3.89. The van der Waals surface area contributed by atoms with Crippen LogP contribution in [0.3, 0.4) is 0 Å². The topological polar surface area (TPSA) is 111 Å². The summed E-state index contributed by atoms with van der Waals surface area (Å²) in [5.41, 5.74) is 0.554. The molecule has 2 aromatic rings. The van der Waals surface area contributed by atoms with Gasteiger partial charge in [0.05, 0.1) is 12.7 Å². The van der Waals surface area contributed by atoms with Crippen LogP contribution in [0.1, 0.15) is 24.2 Å². The van der Waals surface area contributed by atoms with Gasteiger partial charge in [-0.2, -0.15) is 0 Å². The lowest BCUT2D eigenvalue weighted by Gasteiger charge is -2.14. The number of para-hydroxylation sites is 1. The van der Waals surface area contributed by atoms with Gasteiger partial charge in [0, 0.05) is 11.7 Å². The summed E-state index contributed by atoms with van der Waals surface area (Å²) in [7, 11) is -2.56. The van der Waals surface area contributed by atoms with E-state index in [-0.39, 0.29) is 22.3 Å². The van der Waals surface area contributed by atoms with Crippen LogP contribution in [0.5, 0.6) is 5.75 Å². The molecule has 0 spiro atoms. The highest BCUT2D eigenvalue weighted by Gasteiger charge is 2.23. The number of benzene rings is 2. The summed E-state index contributed by atoms with van der Waals surface area (Å²) in [5.74, 6) is -1.25. The lowest BCUT2D eigenvalue weighted by Crippen LogP contribution is -2.30. The van der Waals surface area contributed by atoms with Gasteiger partial charge in [0.15, 0.2) is 6.61 Å². The van der Waals surface area contributed by atoms with Crippen LogP contribution in [0.2, 0.25) is 0 Å². The number of carbonyl (C=O) groups is 2. The molecule has 0 fully saturated rings. The van der Waals surface area contributed by atoms with E-state index in [1.54, 1.807) is 44.2 Å². The molecule has 0 atom stereocenters. The fourth-order valence-corrected chi connectivity index (χ4v) is 3.77. The smallest absolute Gasteiger partial charge is 0.338 e. The minimum Gasteiger partial charge on any atom is -0.495 e. The van der Waals surface area contributed by atoms with Crippen molar-refractivity contribution < 1.29 is 27.5 Å². The third-order valence-corrected chi connectivity index (χ3v) is 5.15. The Kier molecular flexibility index (Phi) is 7.13. The molecule has 2 N–H and O–H groups in total. The molecule has 0 heterocycles. The molecule has 0 radical (unpaired) electrons. The van der Waals surface area contributed by atoms with E-state index in [1.165, 1.54) is 19.2 Å². The zero-order valence-electron chi connectivity index (χ0n) is 15.8. The second-order valence-electron chi connectivity index (χ2n) is 6.13. The summed E-state index contributed by atoms with van der Waals surface area (Å²) in [5, 5.41) is 2.58. The zero-order chi connectivity index (χ0) is 20.7. The van der Waals surface area contributed by atoms with Crippen LogP contribution in [0.15, 0.2) is 53.4 Å². The molecular weight excluding hydrogens is 384 g/mol. The Labute approximate surface area is 163 Å². The van der Waals surface area contributed by atoms with Gasteiger partial charge in [0.2, 0.25) is 10.0 Å². The van der Waals surface area contributed by atoms with Crippen LogP contribution >= 0.6 is 0 Å². The highest BCUT2D eigenvalue weighted by molar-refractivity contribution is 7.89. The van der Waals surface area contributed by atoms with E-state index in [0.29, 0.717) is 5.69 Å². The first-order chi connectivity index (χ1) is 13.2. The van der Waals surface area contributed by atoms with Gasteiger partial charge >= 0.3 is 5.97 Å². The van der Waals surface area contributed by atoms with Gasteiger partial charge in [0.25, 0.3) is 5.91 Å². The van der Waals surface area contributed by atoms with Crippen molar-refractivity contribution in [1.29, 1.82) is 0 Å². The minimum absolute atomic E-state index is 0.0163. The Morgan fingerprint density at radius 2 is 1.75 bits per heavy atom. The van der Waals surface area contributed by atoms with E-state index in [2.05, 4.69) is 10.0 Å². The summed E-state index contributed by atoms with van der Waals surface area (Å²) in [4.78, 5) is 23.9. The molecule has 0 aliphatic heterocycles. The molecule has 1 amide bonds. The van der Waals surface area contributed by atoms with E-state index in [1.807, 2.05) is 0 Å². The molecule has 0 aliphatic carbocycles. The van der Waals surface area contributed by atoms with E-state index < -0.39 is 28.5 Å². The molecule has 0 aromatic heterocycles. The molecule has 0 unspecified atom stereocenters. The Hall–Kier alpha value is -2.91. The SMILES string of the molecule is COc1ccc(C(=O)OCC(=O)Nc2ccccc2)cc1S(=O)(=O)NC(C)C. The number of sulfonamides is 1. The molecule has 28 heavy (non-hydrogen) atoms. The largest absolute Gasteiger partial charge is 0.495 e. The second kappa shape index (κ2) is 9.34. The van der Waals surface area contributed by atoms with Crippen LogP contribution in [-0.2, 0) is 19.6 Å². The maximum atomic E-state index is 12.5. The Balaban J connectivity index is 2.11. The van der Waals surface area contributed by atoms with Gasteiger partial charge in [-0.15, -0.1) is 0 Å². The third kappa shape index (κ3) is 5.80. The van der Waals surface area contributed by atoms with E-state index in [9.17, 15) is 18.0 Å². The monoisotopic (exact) mass is 406 g/mol. The number of rotatable bonds is 8. The number of methoxy groups -OCH3 is 1. The Morgan fingerprint density at radius 3 is 2.36 bits per heavy atom. The maximum Gasteiger partial charge on any atom is 0.338 e. The normalized spacial score (nSPS) is 11.1. The number of ether oxygens (including phenoxy) is 2. The number of hydrogen-bond acceptors (Lipinski definition) is 6. The number of carbonyl (C=O) groups excluding carboxylic acids is 2. The lowest BCUT2D eigenvalue weighted by atomic mass is 10.2. The number of amides is 1. The average molecular weight is 406 g/mol. The first-order valence-electron chi connectivity index (χ1n) is 8.45. The second-order valence-corrected chi connectivity index (χ2v) is 7.81. The standard InChI is InChI=1S/C19H22N2O6S/c1-13(2)21-28(24,25)17-11-14(9-10-16(17)26-3)19(23)27-12-18(22)20-15-7-5-4-6-8-15/h4-11,13,21H,12H2,1-3H3,(H,20,22). The van der Waals surface area contributed by atoms with Crippen molar-refractivity contribution in [2.45, 2.75) is 24.8 Å². The van der Waals surface area contributed by atoms with Crippen molar-refractivity contribution in [2.24, 2.45) is 0 Å². The molecular formula is C19H22N2O6S. The van der Waals surface area contributed by atoms with E-state index in [0.717, 1.165) is 6.07 Å². The highest BCUT2D eigenvalue weighted by atomic mass is 32.2. The van der Waals surface area contributed by atoms with Gasteiger partial charge < -0.3 is 14.8 Å². The first kappa shape index (κ1) is 21.4. The van der Waals surface area contributed by atoms with Gasteiger partial charge in [-0.25, -0.2) is 17.9 Å².